The lowest BCUT2D eigenvalue weighted by atomic mass is 10.1. The Kier molecular flexibility index (Phi) is 2.17. The van der Waals surface area contributed by atoms with Gasteiger partial charge in [-0.3, -0.25) is 0 Å². The summed E-state index contributed by atoms with van der Waals surface area (Å²) in [4.78, 5) is 4.18. The van der Waals surface area contributed by atoms with Crippen LogP contribution >= 0.6 is 15.9 Å². The van der Waals surface area contributed by atoms with Gasteiger partial charge < -0.3 is 19.9 Å². The molecule has 0 bridgehead atoms. The second-order valence-corrected chi connectivity index (χ2v) is 4.38. The number of benzene rings is 1. The zero-order valence-corrected chi connectivity index (χ0v) is 9.86. The van der Waals surface area contributed by atoms with Crippen LogP contribution in [0.3, 0.4) is 0 Å². The van der Waals surface area contributed by atoms with Crippen molar-refractivity contribution in [2.45, 2.75) is 6.04 Å². The fourth-order valence-electron chi connectivity index (χ4n) is 1.74. The molecule has 0 aromatic heterocycles. The highest BCUT2D eigenvalue weighted by Gasteiger charge is 2.24. The summed E-state index contributed by atoms with van der Waals surface area (Å²) in [6, 6.07) is 4.02. The summed E-state index contributed by atoms with van der Waals surface area (Å²) in [6.07, 6.45) is 0. The third kappa shape index (κ3) is 1.49. The maximum atomic E-state index is 5.47. The SMILES string of the molecule is NC1=NC(c2cc(Br)c3c(c2)OCO3)CO1. The summed E-state index contributed by atoms with van der Waals surface area (Å²) in [5.41, 5.74) is 6.47. The minimum Gasteiger partial charge on any atom is -0.463 e. The molecule has 0 aliphatic carbocycles. The Balaban J connectivity index is 2.00. The highest BCUT2D eigenvalue weighted by molar-refractivity contribution is 9.10. The zero-order valence-electron chi connectivity index (χ0n) is 8.27. The van der Waals surface area contributed by atoms with Gasteiger partial charge in [-0.15, -0.1) is 0 Å². The predicted molar refractivity (Wildman–Crippen MR) is 60.6 cm³/mol. The minimum atomic E-state index is -0.0641. The lowest BCUT2D eigenvalue weighted by Gasteiger charge is -2.07. The third-order valence-electron chi connectivity index (χ3n) is 2.51. The van der Waals surface area contributed by atoms with E-state index < -0.39 is 0 Å². The van der Waals surface area contributed by atoms with Gasteiger partial charge in [0, 0.05) is 0 Å². The van der Waals surface area contributed by atoms with Gasteiger partial charge in [0.25, 0.3) is 6.02 Å². The second kappa shape index (κ2) is 3.55. The molecular weight excluding hydrogens is 276 g/mol. The largest absolute Gasteiger partial charge is 0.463 e. The minimum absolute atomic E-state index is 0.0641. The molecule has 2 heterocycles. The molecule has 0 saturated carbocycles. The summed E-state index contributed by atoms with van der Waals surface area (Å²) >= 11 is 3.43. The van der Waals surface area contributed by atoms with Crippen molar-refractivity contribution in [3.05, 3.63) is 22.2 Å². The molecule has 5 nitrogen and oxygen atoms in total. The quantitative estimate of drug-likeness (QED) is 0.850. The number of fused-ring (bicyclic) bond motifs is 1. The molecule has 1 atom stereocenters. The molecule has 6 heteroatoms. The van der Waals surface area contributed by atoms with Crippen molar-refractivity contribution in [3.63, 3.8) is 0 Å². The van der Waals surface area contributed by atoms with Crippen LogP contribution in [0.5, 0.6) is 11.5 Å². The Hall–Kier alpha value is -1.43. The van der Waals surface area contributed by atoms with Gasteiger partial charge in [0.05, 0.1) is 4.47 Å². The molecule has 0 radical (unpaired) electrons. The number of ether oxygens (including phenoxy) is 3. The summed E-state index contributed by atoms with van der Waals surface area (Å²) in [6.45, 7) is 0.724. The fourth-order valence-corrected chi connectivity index (χ4v) is 2.32. The Morgan fingerprint density at radius 1 is 1.31 bits per heavy atom. The molecule has 0 amide bonds. The van der Waals surface area contributed by atoms with Crippen LogP contribution in [-0.4, -0.2) is 19.4 Å². The highest BCUT2D eigenvalue weighted by Crippen LogP contribution is 2.42. The lowest BCUT2D eigenvalue weighted by molar-refractivity contribution is 0.173. The van der Waals surface area contributed by atoms with Crippen molar-refractivity contribution in [2.24, 2.45) is 10.7 Å². The van der Waals surface area contributed by atoms with Crippen LogP contribution in [0.1, 0.15) is 11.6 Å². The van der Waals surface area contributed by atoms with E-state index in [2.05, 4.69) is 20.9 Å². The van der Waals surface area contributed by atoms with Gasteiger partial charge in [-0.05, 0) is 33.6 Å². The molecular formula is C10H9BrN2O3. The van der Waals surface area contributed by atoms with Crippen LogP contribution in [0.15, 0.2) is 21.6 Å². The van der Waals surface area contributed by atoms with Crippen LogP contribution < -0.4 is 15.2 Å². The Morgan fingerprint density at radius 3 is 2.94 bits per heavy atom. The number of amidine groups is 1. The van der Waals surface area contributed by atoms with Crippen LogP contribution in [0, 0.1) is 0 Å². The topological polar surface area (TPSA) is 66.1 Å². The average Bonchev–Trinajstić information content (AvgIpc) is 2.85. The van der Waals surface area contributed by atoms with Crippen LogP contribution in [0.4, 0.5) is 0 Å². The molecule has 2 N–H and O–H groups in total. The molecule has 0 saturated heterocycles. The van der Waals surface area contributed by atoms with Crippen molar-refractivity contribution in [1.82, 2.24) is 0 Å². The van der Waals surface area contributed by atoms with E-state index in [-0.39, 0.29) is 18.9 Å². The summed E-state index contributed by atoms with van der Waals surface area (Å²) < 4.78 is 16.6. The highest BCUT2D eigenvalue weighted by atomic mass is 79.9. The van der Waals surface area contributed by atoms with Gasteiger partial charge in [-0.2, -0.15) is 0 Å². The smallest absolute Gasteiger partial charge is 0.282 e. The van der Waals surface area contributed by atoms with E-state index in [1.54, 1.807) is 0 Å². The summed E-state index contributed by atoms with van der Waals surface area (Å²) in [5, 5.41) is 0. The first-order chi connectivity index (χ1) is 7.74. The van der Waals surface area contributed by atoms with E-state index in [9.17, 15) is 0 Å². The first kappa shape index (κ1) is 9.77. The van der Waals surface area contributed by atoms with Gasteiger partial charge >= 0.3 is 0 Å². The van der Waals surface area contributed by atoms with Gasteiger partial charge in [-0.25, -0.2) is 4.99 Å². The number of aliphatic imine (C=N–C) groups is 1. The Labute approximate surface area is 100 Å². The zero-order chi connectivity index (χ0) is 11.1. The van der Waals surface area contributed by atoms with E-state index in [0.717, 1.165) is 21.5 Å². The molecule has 3 rings (SSSR count). The van der Waals surface area contributed by atoms with Gasteiger partial charge in [-0.1, -0.05) is 0 Å². The number of halogens is 1. The van der Waals surface area contributed by atoms with Gasteiger partial charge in [0.2, 0.25) is 6.79 Å². The average molecular weight is 285 g/mol. The number of nitrogens with two attached hydrogens (primary N) is 1. The van der Waals surface area contributed by atoms with E-state index in [4.69, 9.17) is 19.9 Å². The lowest BCUT2D eigenvalue weighted by Crippen LogP contribution is -2.10. The number of hydrogen-bond donors (Lipinski definition) is 1. The second-order valence-electron chi connectivity index (χ2n) is 3.53. The first-order valence-corrected chi connectivity index (χ1v) is 5.58. The normalized spacial score (nSPS) is 21.8. The summed E-state index contributed by atoms with van der Waals surface area (Å²) in [5.74, 6) is 1.46. The number of hydrogen-bond acceptors (Lipinski definition) is 5. The third-order valence-corrected chi connectivity index (χ3v) is 3.10. The molecule has 16 heavy (non-hydrogen) atoms. The molecule has 2 aliphatic heterocycles. The van der Waals surface area contributed by atoms with E-state index in [1.165, 1.54) is 0 Å². The number of nitrogens with zero attached hydrogens (tertiary/aromatic N) is 1. The maximum Gasteiger partial charge on any atom is 0.282 e. The van der Waals surface area contributed by atoms with Crippen molar-refractivity contribution in [2.75, 3.05) is 13.4 Å². The fraction of sp³-hybridized carbons (Fsp3) is 0.300. The van der Waals surface area contributed by atoms with Crippen molar-refractivity contribution in [3.8, 4) is 11.5 Å². The molecule has 0 fully saturated rings. The standard InChI is InChI=1S/C10H9BrN2O3/c11-6-1-5(7-3-14-10(12)13-7)2-8-9(6)16-4-15-8/h1-2,7H,3-4H2,(H2,12,13). The molecule has 1 aromatic rings. The van der Waals surface area contributed by atoms with Crippen molar-refractivity contribution in [1.29, 1.82) is 0 Å². The van der Waals surface area contributed by atoms with Crippen LogP contribution in [-0.2, 0) is 4.74 Å². The maximum absolute atomic E-state index is 5.47. The first-order valence-electron chi connectivity index (χ1n) is 4.79. The van der Waals surface area contributed by atoms with E-state index >= 15 is 0 Å². The van der Waals surface area contributed by atoms with Crippen molar-refractivity contribution < 1.29 is 14.2 Å². The molecule has 2 aliphatic rings. The molecule has 0 spiro atoms. The van der Waals surface area contributed by atoms with Crippen LogP contribution in [0.25, 0.3) is 0 Å². The van der Waals surface area contributed by atoms with E-state index in [0.29, 0.717) is 6.61 Å². The Bertz CT molecular complexity index is 475. The molecule has 84 valence electrons. The summed E-state index contributed by atoms with van der Waals surface area (Å²) in [7, 11) is 0. The molecule has 1 aromatic carbocycles. The van der Waals surface area contributed by atoms with Crippen molar-refractivity contribution >= 4 is 22.0 Å². The number of rotatable bonds is 1. The predicted octanol–water partition coefficient (Wildman–Crippen LogP) is 1.56. The van der Waals surface area contributed by atoms with Crippen LogP contribution in [0.2, 0.25) is 0 Å². The monoisotopic (exact) mass is 284 g/mol. The molecule has 1 unspecified atom stereocenters. The Morgan fingerprint density at radius 2 is 2.19 bits per heavy atom. The van der Waals surface area contributed by atoms with Gasteiger partial charge in [0.15, 0.2) is 11.5 Å². The van der Waals surface area contributed by atoms with E-state index in [1.807, 2.05) is 12.1 Å². The van der Waals surface area contributed by atoms with Gasteiger partial charge in [0.1, 0.15) is 12.6 Å².